The van der Waals surface area contributed by atoms with Crippen molar-refractivity contribution in [1.82, 2.24) is 5.32 Å². The fourth-order valence-electron chi connectivity index (χ4n) is 1.57. The number of sulfone groups is 1. The Kier molecular flexibility index (Phi) is 4.94. The molecule has 0 heterocycles. The van der Waals surface area contributed by atoms with E-state index in [1.165, 1.54) is 12.1 Å². The molecule has 0 aliphatic rings. The van der Waals surface area contributed by atoms with E-state index < -0.39 is 15.4 Å². The van der Waals surface area contributed by atoms with Gasteiger partial charge in [0.15, 0.2) is 9.84 Å². The van der Waals surface area contributed by atoms with E-state index in [9.17, 15) is 18.3 Å². The third kappa shape index (κ3) is 4.31. The van der Waals surface area contributed by atoms with Gasteiger partial charge in [-0.1, -0.05) is 13.0 Å². The first-order chi connectivity index (χ1) is 9.07. The van der Waals surface area contributed by atoms with Gasteiger partial charge in [-0.3, -0.25) is 4.79 Å². The van der Waals surface area contributed by atoms with Gasteiger partial charge in [-0.15, -0.1) is 0 Å². The molecule has 1 amide bonds. The number of hydrogen-bond donors (Lipinski definition) is 2. The van der Waals surface area contributed by atoms with Gasteiger partial charge in [-0.05, 0) is 38.0 Å². The summed E-state index contributed by atoms with van der Waals surface area (Å²) < 4.78 is 23.0. The van der Waals surface area contributed by atoms with E-state index in [1.807, 2.05) is 6.92 Å². The Morgan fingerprint density at radius 2 is 2.00 bits per heavy atom. The highest BCUT2D eigenvalue weighted by molar-refractivity contribution is 7.90. The molecule has 1 unspecified atom stereocenters. The Labute approximate surface area is 119 Å². The third-order valence-electron chi connectivity index (χ3n) is 3.27. The van der Waals surface area contributed by atoms with E-state index in [0.29, 0.717) is 17.5 Å². The fourth-order valence-corrected chi connectivity index (χ4v) is 2.21. The van der Waals surface area contributed by atoms with Gasteiger partial charge in [0.2, 0.25) is 0 Å². The summed E-state index contributed by atoms with van der Waals surface area (Å²) in [5, 5.41) is 12.5. The van der Waals surface area contributed by atoms with E-state index >= 15 is 0 Å². The number of aryl methyl sites for hydroxylation is 1. The molecule has 0 aliphatic heterocycles. The van der Waals surface area contributed by atoms with Crippen molar-refractivity contribution in [3.05, 3.63) is 29.3 Å². The molecule has 0 aromatic heterocycles. The third-order valence-corrected chi connectivity index (χ3v) is 4.38. The summed E-state index contributed by atoms with van der Waals surface area (Å²) in [5.41, 5.74) is 0.0173. The second-order valence-corrected chi connectivity index (χ2v) is 7.30. The van der Waals surface area contributed by atoms with Gasteiger partial charge in [0.1, 0.15) is 0 Å². The van der Waals surface area contributed by atoms with Crippen molar-refractivity contribution < 1.29 is 18.3 Å². The Bertz CT molecular complexity index is 606. The first kappa shape index (κ1) is 16.7. The maximum Gasteiger partial charge on any atom is 0.251 e. The summed E-state index contributed by atoms with van der Waals surface area (Å²) in [6.07, 6.45) is 1.61. The van der Waals surface area contributed by atoms with Crippen molar-refractivity contribution in [3.8, 4) is 0 Å². The molecule has 1 rings (SSSR count). The molecule has 0 bridgehead atoms. The zero-order chi connectivity index (χ0) is 15.6. The highest BCUT2D eigenvalue weighted by Crippen LogP contribution is 2.16. The van der Waals surface area contributed by atoms with Crippen LogP contribution in [0.2, 0.25) is 0 Å². The van der Waals surface area contributed by atoms with E-state index in [0.717, 1.165) is 6.26 Å². The largest absolute Gasteiger partial charge is 0.388 e. The highest BCUT2D eigenvalue weighted by atomic mass is 32.2. The number of amides is 1. The predicted molar refractivity (Wildman–Crippen MR) is 77.5 cm³/mol. The van der Waals surface area contributed by atoms with Crippen molar-refractivity contribution >= 4 is 15.7 Å². The SMILES string of the molecule is CCC(C)(O)CNC(=O)c1cc(S(C)(=O)=O)ccc1C. The van der Waals surface area contributed by atoms with Crippen LogP contribution in [0.15, 0.2) is 23.1 Å². The van der Waals surface area contributed by atoms with Crippen LogP contribution in [-0.4, -0.2) is 37.8 Å². The maximum absolute atomic E-state index is 12.1. The van der Waals surface area contributed by atoms with Crippen molar-refractivity contribution in [2.75, 3.05) is 12.8 Å². The second-order valence-electron chi connectivity index (χ2n) is 5.28. The Balaban J connectivity index is 2.99. The molecule has 1 aromatic carbocycles. The van der Waals surface area contributed by atoms with Crippen LogP contribution in [0, 0.1) is 6.92 Å². The van der Waals surface area contributed by atoms with Crippen LogP contribution >= 0.6 is 0 Å². The minimum absolute atomic E-state index is 0.107. The molecule has 0 aliphatic carbocycles. The average Bonchev–Trinajstić information content (AvgIpc) is 2.35. The number of carbonyl (C=O) groups excluding carboxylic acids is 1. The van der Waals surface area contributed by atoms with Crippen LogP contribution < -0.4 is 5.32 Å². The smallest absolute Gasteiger partial charge is 0.251 e. The monoisotopic (exact) mass is 299 g/mol. The minimum Gasteiger partial charge on any atom is -0.388 e. The molecule has 1 atom stereocenters. The van der Waals surface area contributed by atoms with Crippen LogP contribution in [0.5, 0.6) is 0 Å². The van der Waals surface area contributed by atoms with Gasteiger partial charge < -0.3 is 10.4 Å². The van der Waals surface area contributed by atoms with Gasteiger partial charge in [-0.2, -0.15) is 0 Å². The van der Waals surface area contributed by atoms with Crippen molar-refractivity contribution in [1.29, 1.82) is 0 Å². The molecule has 6 heteroatoms. The van der Waals surface area contributed by atoms with E-state index in [-0.39, 0.29) is 17.3 Å². The number of nitrogens with one attached hydrogen (secondary N) is 1. The molecule has 5 nitrogen and oxygen atoms in total. The molecule has 2 N–H and O–H groups in total. The number of hydrogen-bond acceptors (Lipinski definition) is 4. The quantitative estimate of drug-likeness (QED) is 0.858. The summed E-state index contributed by atoms with van der Waals surface area (Å²) in [5.74, 6) is -0.387. The van der Waals surface area contributed by atoms with Crippen molar-refractivity contribution in [2.45, 2.75) is 37.7 Å². The zero-order valence-electron chi connectivity index (χ0n) is 12.2. The Morgan fingerprint density at radius 1 is 1.40 bits per heavy atom. The molecule has 112 valence electrons. The molecule has 1 aromatic rings. The van der Waals surface area contributed by atoms with Gasteiger partial charge in [0.05, 0.1) is 10.5 Å². The zero-order valence-corrected chi connectivity index (χ0v) is 13.0. The molecule has 20 heavy (non-hydrogen) atoms. The van der Waals surface area contributed by atoms with Crippen molar-refractivity contribution in [2.24, 2.45) is 0 Å². The van der Waals surface area contributed by atoms with E-state index in [4.69, 9.17) is 0 Å². The van der Waals surface area contributed by atoms with Gasteiger partial charge in [0.25, 0.3) is 5.91 Å². The summed E-state index contributed by atoms with van der Waals surface area (Å²) in [6.45, 7) is 5.30. The number of carbonyl (C=O) groups is 1. The summed E-state index contributed by atoms with van der Waals surface area (Å²) >= 11 is 0. The molecular formula is C14H21NO4S. The summed E-state index contributed by atoms with van der Waals surface area (Å²) in [7, 11) is -3.35. The van der Waals surface area contributed by atoms with Gasteiger partial charge in [0, 0.05) is 18.4 Å². The lowest BCUT2D eigenvalue weighted by Crippen LogP contribution is -2.40. The molecule has 0 saturated heterocycles. The normalized spacial score (nSPS) is 14.7. The topological polar surface area (TPSA) is 83.5 Å². The van der Waals surface area contributed by atoms with Crippen LogP contribution in [-0.2, 0) is 9.84 Å². The van der Waals surface area contributed by atoms with E-state index in [1.54, 1.807) is 19.9 Å². The van der Waals surface area contributed by atoms with Crippen LogP contribution in [0.4, 0.5) is 0 Å². The highest BCUT2D eigenvalue weighted by Gasteiger charge is 2.20. The summed E-state index contributed by atoms with van der Waals surface area (Å²) in [4.78, 5) is 12.2. The standard InChI is InChI=1S/C14H21NO4S/c1-5-14(3,17)9-15-13(16)12-8-11(20(4,18)19)7-6-10(12)2/h6-8,17H,5,9H2,1-4H3,(H,15,16). The molecular weight excluding hydrogens is 278 g/mol. The van der Waals surface area contributed by atoms with Gasteiger partial charge in [-0.25, -0.2) is 8.42 Å². The minimum atomic E-state index is -3.35. The molecule has 0 saturated carbocycles. The Morgan fingerprint density at radius 3 is 2.50 bits per heavy atom. The predicted octanol–water partition coefficient (Wildman–Crippen LogP) is 1.29. The number of rotatable bonds is 5. The first-order valence-corrected chi connectivity index (χ1v) is 8.27. The van der Waals surface area contributed by atoms with E-state index in [2.05, 4.69) is 5.32 Å². The summed E-state index contributed by atoms with van der Waals surface area (Å²) in [6, 6.07) is 4.44. The second kappa shape index (κ2) is 5.93. The molecule has 0 fully saturated rings. The molecule has 0 radical (unpaired) electrons. The number of benzene rings is 1. The number of aliphatic hydroxyl groups is 1. The molecule has 0 spiro atoms. The van der Waals surface area contributed by atoms with Crippen LogP contribution in [0.25, 0.3) is 0 Å². The van der Waals surface area contributed by atoms with Crippen LogP contribution in [0.1, 0.15) is 36.2 Å². The average molecular weight is 299 g/mol. The lowest BCUT2D eigenvalue weighted by Gasteiger charge is -2.21. The maximum atomic E-state index is 12.1. The van der Waals surface area contributed by atoms with Crippen molar-refractivity contribution in [3.63, 3.8) is 0 Å². The van der Waals surface area contributed by atoms with Gasteiger partial charge >= 0.3 is 0 Å². The lowest BCUT2D eigenvalue weighted by molar-refractivity contribution is 0.0518. The van der Waals surface area contributed by atoms with Crippen LogP contribution in [0.3, 0.4) is 0 Å². The lowest BCUT2D eigenvalue weighted by atomic mass is 10.0. The Hall–Kier alpha value is -1.40. The fraction of sp³-hybridized carbons (Fsp3) is 0.500. The first-order valence-electron chi connectivity index (χ1n) is 6.38.